The number of halogens is 3. The van der Waals surface area contributed by atoms with E-state index in [1.165, 1.54) is 24.4 Å². The minimum atomic E-state index is -2.97. The summed E-state index contributed by atoms with van der Waals surface area (Å²) in [5.74, 6) is -0.171. The largest absolute Gasteiger partial charge is 0.477 e. The van der Waals surface area contributed by atoms with E-state index >= 15 is 0 Å². The molecule has 23 heavy (non-hydrogen) atoms. The van der Waals surface area contributed by atoms with Gasteiger partial charge in [-0.25, -0.2) is 4.68 Å². The molecule has 2 aromatic rings. The number of rotatable bonds is 4. The van der Waals surface area contributed by atoms with Crippen LogP contribution < -0.4 is 14.8 Å². The summed E-state index contributed by atoms with van der Waals surface area (Å²) in [6.07, 6.45) is 2.25. The molecular formula is C14H12ClF2N3O3. The van der Waals surface area contributed by atoms with Crippen molar-refractivity contribution in [2.45, 2.75) is 19.6 Å². The molecule has 0 saturated heterocycles. The Kier molecular flexibility index (Phi) is 4.33. The number of benzene rings is 1. The van der Waals surface area contributed by atoms with Gasteiger partial charge in [0, 0.05) is 18.7 Å². The normalized spacial score (nSPS) is 13.4. The molecule has 1 aromatic heterocycles. The van der Waals surface area contributed by atoms with Gasteiger partial charge in [0.15, 0.2) is 0 Å². The third kappa shape index (κ3) is 3.37. The zero-order chi connectivity index (χ0) is 16.4. The van der Waals surface area contributed by atoms with Gasteiger partial charge < -0.3 is 14.8 Å². The van der Waals surface area contributed by atoms with Crippen molar-refractivity contribution in [3.05, 3.63) is 35.0 Å². The fourth-order valence-corrected chi connectivity index (χ4v) is 2.42. The number of alkyl halides is 2. The van der Waals surface area contributed by atoms with Crippen LogP contribution in [-0.4, -0.2) is 28.9 Å². The number of fused-ring (bicyclic) bond motifs is 1. The van der Waals surface area contributed by atoms with Gasteiger partial charge in [0.1, 0.15) is 11.3 Å². The lowest BCUT2D eigenvalue weighted by Crippen LogP contribution is -2.18. The van der Waals surface area contributed by atoms with Crippen molar-refractivity contribution >= 4 is 23.2 Å². The molecule has 9 heteroatoms. The van der Waals surface area contributed by atoms with Crippen LogP contribution in [0.5, 0.6) is 11.6 Å². The molecule has 0 aliphatic carbocycles. The van der Waals surface area contributed by atoms with Gasteiger partial charge in [-0.05, 0) is 18.2 Å². The minimum Gasteiger partial charge on any atom is -0.477 e. The van der Waals surface area contributed by atoms with Crippen LogP contribution in [0.1, 0.15) is 16.8 Å². The molecule has 3 rings (SSSR count). The SMILES string of the molecule is O=C(Nc1ccc(OC(F)F)c(Cl)c1)c1cnn2c1OCCC2. The van der Waals surface area contributed by atoms with Gasteiger partial charge in [0.2, 0.25) is 5.88 Å². The molecule has 6 nitrogen and oxygen atoms in total. The lowest BCUT2D eigenvalue weighted by molar-refractivity contribution is -0.0497. The molecule has 0 saturated carbocycles. The zero-order valence-corrected chi connectivity index (χ0v) is 12.5. The number of aryl methyl sites for hydroxylation is 1. The van der Waals surface area contributed by atoms with Gasteiger partial charge in [-0.1, -0.05) is 11.6 Å². The lowest BCUT2D eigenvalue weighted by atomic mass is 10.2. The maximum Gasteiger partial charge on any atom is 0.387 e. The first kappa shape index (κ1) is 15.5. The second-order valence-corrected chi connectivity index (χ2v) is 5.17. The summed E-state index contributed by atoms with van der Waals surface area (Å²) in [5, 5.41) is 6.67. The van der Waals surface area contributed by atoms with Crippen LogP contribution in [0, 0.1) is 0 Å². The molecule has 0 fully saturated rings. The molecule has 1 aliphatic rings. The van der Waals surface area contributed by atoms with Crippen LogP contribution in [0.4, 0.5) is 14.5 Å². The van der Waals surface area contributed by atoms with E-state index in [0.29, 0.717) is 30.3 Å². The summed E-state index contributed by atoms with van der Waals surface area (Å²) in [6, 6.07) is 4.00. The highest BCUT2D eigenvalue weighted by atomic mass is 35.5. The molecule has 1 aromatic carbocycles. The number of nitrogens with one attached hydrogen (secondary N) is 1. The number of amides is 1. The first-order valence-corrected chi connectivity index (χ1v) is 7.16. The first-order chi connectivity index (χ1) is 11.0. The fraction of sp³-hybridized carbons (Fsp3) is 0.286. The second-order valence-electron chi connectivity index (χ2n) is 4.77. The van der Waals surface area contributed by atoms with Gasteiger partial charge in [0.25, 0.3) is 5.91 Å². The highest BCUT2D eigenvalue weighted by molar-refractivity contribution is 6.32. The number of ether oxygens (including phenoxy) is 2. The Morgan fingerprint density at radius 3 is 3.04 bits per heavy atom. The third-order valence-corrected chi connectivity index (χ3v) is 3.49. The van der Waals surface area contributed by atoms with Crippen molar-refractivity contribution in [1.29, 1.82) is 0 Å². The molecule has 1 amide bonds. The first-order valence-electron chi connectivity index (χ1n) is 6.79. The summed E-state index contributed by atoms with van der Waals surface area (Å²) < 4.78 is 35.7. The van der Waals surface area contributed by atoms with Crippen LogP contribution in [0.2, 0.25) is 5.02 Å². The summed E-state index contributed by atoms with van der Waals surface area (Å²) in [4.78, 5) is 12.3. The third-order valence-electron chi connectivity index (χ3n) is 3.19. The highest BCUT2D eigenvalue weighted by Crippen LogP contribution is 2.30. The van der Waals surface area contributed by atoms with E-state index in [-0.39, 0.29) is 10.8 Å². The van der Waals surface area contributed by atoms with E-state index < -0.39 is 12.5 Å². The van der Waals surface area contributed by atoms with Crippen molar-refractivity contribution in [3.63, 3.8) is 0 Å². The number of aromatic nitrogens is 2. The van der Waals surface area contributed by atoms with Crippen LogP contribution in [0.3, 0.4) is 0 Å². The molecule has 0 spiro atoms. The van der Waals surface area contributed by atoms with Crippen molar-refractivity contribution in [2.75, 3.05) is 11.9 Å². The van der Waals surface area contributed by atoms with Gasteiger partial charge in [-0.15, -0.1) is 0 Å². The number of hydrogen-bond acceptors (Lipinski definition) is 4. The van der Waals surface area contributed by atoms with Crippen molar-refractivity contribution in [1.82, 2.24) is 9.78 Å². The quantitative estimate of drug-likeness (QED) is 0.926. The van der Waals surface area contributed by atoms with Crippen LogP contribution in [0.25, 0.3) is 0 Å². The Balaban J connectivity index is 1.75. The van der Waals surface area contributed by atoms with Crippen molar-refractivity contribution < 1.29 is 23.0 Å². The number of carbonyl (C=O) groups excluding carboxylic acids is 1. The number of nitrogens with zero attached hydrogens (tertiary/aromatic N) is 2. The Labute approximate surface area is 134 Å². The standard InChI is InChI=1S/C14H12ClF2N3O3/c15-10-6-8(2-3-11(10)23-14(16)17)19-12(21)9-7-18-20-4-1-5-22-13(9)20/h2-3,6-7,14H,1,4-5H2,(H,19,21). The predicted octanol–water partition coefficient (Wildman–Crippen LogP) is 3.17. The molecule has 0 radical (unpaired) electrons. The number of hydrogen-bond donors (Lipinski definition) is 1. The topological polar surface area (TPSA) is 65.4 Å². The van der Waals surface area contributed by atoms with E-state index in [1.807, 2.05) is 0 Å². The van der Waals surface area contributed by atoms with E-state index in [1.54, 1.807) is 4.68 Å². The van der Waals surface area contributed by atoms with E-state index in [4.69, 9.17) is 16.3 Å². The van der Waals surface area contributed by atoms with Crippen LogP contribution >= 0.6 is 11.6 Å². The van der Waals surface area contributed by atoms with Crippen molar-refractivity contribution in [3.8, 4) is 11.6 Å². The number of carbonyl (C=O) groups is 1. The molecule has 0 atom stereocenters. The molecule has 1 N–H and O–H groups in total. The Bertz CT molecular complexity index is 736. The highest BCUT2D eigenvalue weighted by Gasteiger charge is 2.22. The molecule has 0 unspecified atom stereocenters. The summed E-state index contributed by atoms with van der Waals surface area (Å²) in [6.45, 7) is -1.75. The lowest BCUT2D eigenvalue weighted by Gasteiger charge is -2.16. The number of anilines is 1. The van der Waals surface area contributed by atoms with E-state index in [0.717, 1.165) is 6.42 Å². The Morgan fingerprint density at radius 2 is 2.30 bits per heavy atom. The van der Waals surface area contributed by atoms with Crippen LogP contribution in [-0.2, 0) is 6.54 Å². The minimum absolute atomic E-state index is 0.0311. The van der Waals surface area contributed by atoms with Crippen LogP contribution in [0.15, 0.2) is 24.4 Å². The van der Waals surface area contributed by atoms with Gasteiger partial charge in [-0.3, -0.25) is 4.79 Å². The Hall–Kier alpha value is -2.35. The molecule has 0 bridgehead atoms. The smallest absolute Gasteiger partial charge is 0.387 e. The summed E-state index contributed by atoms with van der Waals surface area (Å²) in [5.41, 5.74) is 0.645. The fourth-order valence-electron chi connectivity index (χ4n) is 2.19. The van der Waals surface area contributed by atoms with Gasteiger partial charge in [0.05, 0.1) is 17.8 Å². The van der Waals surface area contributed by atoms with Gasteiger partial charge in [-0.2, -0.15) is 13.9 Å². The maximum absolute atomic E-state index is 12.3. The van der Waals surface area contributed by atoms with Gasteiger partial charge >= 0.3 is 6.61 Å². The average Bonchev–Trinajstić information content (AvgIpc) is 2.94. The maximum atomic E-state index is 12.3. The average molecular weight is 344 g/mol. The molecule has 122 valence electrons. The molecule has 1 aliphatic heterocycles. The monoisotopic (exact) mass is 343 g/mol. The molecular weight excluding hydrogens is 332 g/mol. The van der Waals surface area contributed by atoms with E-state index in [9.17, 15) is 13.6 Å². The predicted molar refractivity (Wildman–Crippen MR) is 78.4 cm³/mol. The zero-order valence-electron chi connectivity index (χ0n) is 11.8. The summed E-state index contributed by atoms with van der Waals surface area (Å²) in [7, 11) is 0. The van der Waals surface area contributed by atoms with Crippen molar-refractivity contribution in [2.24, 2.45) is 0 Å². The Morgan fingerprint density at radius 1 is 1.48 bits per heavy atom. The van der Waals surface area contributed by atoms with E-state index in [2.05, 4.69) is 15.2 Å². The summed E-state index contributed by atoms with van der Waals surface area (Å²) >= 11 is 5.85. The molecule has 2 heterocycles. The second kappa shape index (κ2) is 6.41.